The molecule has 109 heavy (non-hydrogen) atoms. The van der Waals surface area contributed by atoms with Gasteiger partial charge in [0, 0.05) is 129 Å². The Labute approximate surface area is 643 Å². The third-order valence-electron chi connectivity index (χ3n) is 25.6. The summed E-state index contributed by atoms with van der Waals surface area (Å²) in [5.41, 5.74) is 10.9. The van der Waals surface area contributed by atoms with Crippen molar-refractivity contribution < 1.29 is 58.8 Å². The second kappa shape index (κ2) is 33.1. The Bertz CT molecular complexity index is 4410. The maximum Gasteiger partial charge on any atom is 0.255 e. The van der Waals surface area contributed by atoms with Crippen LogP contribution in [0.5, 0.6) is 11.5 Å². The highest BCUT2D eigenvalue weighted by atomic mass is 16.7. The van der Waals surface area contributed by atoms with E-state index in [1.165, 1.54) is 12.8 Å². The maximum atomic E-state index is 14.3. The molecule has 7 aromatic rings. The molecule has 8 fully saturated rings. The Morgan fingerprint density at radius 2 is 0.991 bits per heavy atom. The van der Waals surface area contributed by atoms with Gasteiger partial charge in [0.1, 0.15) is 35.8 Å². The van der Waals surface area contributed by atoms with Crippen LogP contribution in [0.15, 0.2) is 140 Å². The molecule has 6 saturated carbocycles. The number of carbonyl (C=O) groups excluding carboxylic acids is 4. The summed E-state index contributed by atoms with van der Waals surface area (Å²) in [7, 11) is 15.0. The molecule has 21 heteroatoms. The molecule has 15 rings (SSSR count). The van der Waals surface area contributed by atoms with Gasteiger partial charge in [-0.05, 0) is 180 Å². The number of fused-ring (bicyclic) bond motifs is 5. The van der Waals surface area contributed by atoms with Gasteiger partial charge in [0.05, 0.1) is 52.7 Å². The fourth-order valence-corrected chi connectivity index (χ4v) is 18.8. The van der Waals surface area contributed by atoms with Crippen molar-refractivity contribution in [1.29, 1.82) is 0 Å². The monoisotopic (exact) mass is 1490 g/mol. The average molecular weight is 1490 g/mol. The van der Waals surface area contributed by atoms with Crippen LogP contribution in [0.25, 0.3) is 33.0 Å². The zero-order valence-corrected chi connectivity index (χ0v) is 66.4. The first-order valence-electron chi connectivity index (χ1n) is 38.8. The van der Waals surface area contributed by atoms with Gasteiger partial charge in [-0.3, -0.25) is 28.9 Å². The third kappa shape index (κ3) is 16.4. The van der Waals surface area contributed by atoms with Crippen LogP contribution in [0, 0.1) is 58.2 Å². The number of hydrogen-bond donors (Lipinski definition) is 8. The number of methoxy groups -OCH3 is 2. The Hall–Kier alpha value is -8.64. The number of ether oxygens (including phenoxy) is 2. The van der Waals surface area contributed by atoms with E-state index in [-0.39, 0.29) is 72.8 Å². The van der Waals surface area contributed by atoms with E-state index in [9.17, 15) is 39.6 Å². The van der Waals surface area contributed by atoms with Gasteiger partial charge in [-0.25, -0.2) is 0 Å². The molecule has 0 spiro atoms. The number of carbonyl (C=O) groups is 4. The first-order chi connectivity index (χ1) is 51.9. The minimum absolute atomic E-state index is 0.0356. The molecule has 2 aliphatic heterocycles. The zero-order valence-electron chi connectivity index (χ0n) is 66.4. The minimum Gasteiger partial charge on any atom is -0.496 e. The Balaban J connectivity index is 0.000000203. The van der Waals surface area contributed by atoms with E-state index in [4.69, 9.17) is 19.1 Å². The van der Waals surface area contributed by atoms with Crippen molar-refractivity contribution in [2.24, 2.45) is 58.2 Å². The molecule has 0 unspecified atom stereocenters. The second-order valence-electron chi connectivity index (χ2n) is 33.4. The van der Waals surface area contributed by atoms with Crippen molar-refractivity contribution in [2.75, 3.05) is 96.3 Å². The fourth-order valence-electron chi connectivity index (χ4n) is 18.8. The van der Waals surface area contributed by atoms with E-state index in [1.807, 2.05) is 167 Å². The minimum atomic E-state index is -0.903. The van der Waals surface area contributed by atoms with Crippen molar-refractivity contribution >= 4 is 57.2 Å². The van der Waals surface area contributed by atoms with Crippen molar-refractivity contribution in [3.63, 3.8) is 0 Å². The molecule has 0 aromatic heterocycles. The smallest absolute Gasteiger partial charge is 0.255 e. The van der Waals surface area contributed by atoms with Crippen LogP contribution in [0.2, 0.25) is 0 Å². The van der Waals surface area contributed by atoms with E-state index in [2.05, 4.69) is 92.0 Å². The van der Waals surface area contributed by atoms with Gasteiger partial charge in [0.25, 0.3) is 11.8 Å². The summed E-state index contributed by atoms with van der Waals surface area (Å²) in [6.07, 6.45) is 1.66. The summed E-state index contributed by atoms with van der Waals surface area (Å²) in [4.78, 5) is 74.4. The molecule has 4 amide bonds. The number of rotatable bonds is 25. The number of amides is 4. The molecule has 8 N–H and O–H groups in total. The van der Waals surface area contributed by atoms with E-state index < -0.39 is 48.3 Å². The summed E-state index contributed by atoms with van der Waals surface area (Å²) < 4.78 is 12.2. The second-order valence-corrected chi connectivity index (χ2v) is 33.4. The molecule has 4 bridgehead atoms. The summed E-state index contributed by atoms with van der Waals surface area (Å²) in [5.74, 6) is 1.97. The maximum absolute atomic E-state index is 14.3. The first-order valence-corrected chi connectivity index (χ1v) is 38.8. The highest BCUT2D eigenvalue weighted by Crippen LogP contribution is 2.62. The predicted octanol–water partition coefficient (Wildman–Crippen LogP) is 11.6. The van der Waals surface area contributed by atoms with Crippen LogP contribution in [0.4, 0.5) is 22.7 Å². The lowest BCUT2D eigenvalue weighted by molar-refractivity contribution is -0.183. The number of hydrogen-bond acceptors (Lipinski definition) is 17. The Morgan fingerprint density at radius 1 is 0.541 bits per heavy atom. The fraction of sp³-hybridized carbons (Fsp3) is 0.500. The van der Waals surface area contributed by atoms with Gasteiger partial charge in [0.15, 0.2) is 0 Å². The molecular formula is C88H115N9O12. The van der Waals surface area contributed by atoms with Gasteiger partial charge in [-0.2, -0.15) is 10.1 Å². The SMILES string of the molecule is COc1c(CN2O[C@@H](CO)[C@@H]([C@H](C)O)[C@H]2C(=O)N[C@H]2C[C@H]3C[C@@H]([C@@H]2C)C3(C)C)cccc1-c1cc(C(=O)NCCc2ccc(N(C)C)cc2)cc(N(C)C)c1.COc1c(CN2O[C@@H](CO)[C@H]([C@H](C)O)[C@H]2C(=O)N[C@H]2C[C@H]3C[C@@H]([C@@H]2C)C3(C)C)cccc1-c1cc(C(=O)Nc2ccc3ccccc3c2)cc(N(C)C)c1. The van der Waals surface area contributed by atoms with Crippen LogP contribution in [0.1, 0.15) is 118 Å². The summed E-state index contributed by atoms with van der Waals surface area (Å²) in [5, 5.41) is 60.8. The van der Waals surface area contributed by atoms with Crippen molar-refractivity contribution in [3.05, 3.63) is 167 Å². The van der Waals surface area contributed by atoms with Crippen LogP contribution >= 0.6 is 0 Å². The normalized spacial score (nSPS) is 26.3. The molecule has 584 valence electrons. The predicted molar refractivity (Wildman–Crippen MR) is 429 cm³/mol. The van der Waals surface area contributed by atoms with Gasteiger partial charge in [-0.1, -0.05) is 120 Å². The highest BCUT2D eigenvalue weighted by Gasteiger charge is 2.59. The van der Waals surface area contributed by atoms with Crippen molar-refractivity contribution in [3.8, 4) is 33.8 Å². The van der Waals surface area contributed by atoms with E-state index in [0.717, 1.165) is 79.6 Å². The molecule has 7 aromatic carbocycles. The number of hydroxylamine groups is 4. The van der Waals surface area contributed by atoms with E-state index in [1.54, 1.807) is 38.2 Å². The number of benzene rings is 7. The van der Waals surface area contributed by atoms with Crippen LogP contribution in [-0.2, 0) is 38.8 Å². The number of anilines is 4. The molecule has 0 radical (unpaired) electrons. The summed E-state index contributed by atoms with van der Waals surface area (Å²) in [6.45, 7) is 17.3. The molecule has 8 aliphatic rings. The molecule has 6 aliphatic carbocycles. The molecule has 16 atom stereocenters. The van der Waals surface area contributed by atoms with Crippen LogP contribution in [-0.4, -0.2) is 179 Å². The van der Waals surface area contributed by atoms with Crippen molar-refractivity contribution in [2.45, 2.75) is 149 Å². The van der Waals surface area contributed by atoms with Crippen molar-refractivity contribution in [1.82, 2.24) is 26.1 Å². The number of aliphatic hydroxyl groups excluding tert-OH is 4. The van der Waals surface area contributed by atoms with Gasteiger partial charge in [-0.15, -0.1) is 0 Å². The highest BCUT2D eigenvalue weighted by molar-refractivity contribution is 6.07. The molecule has 2 saturated heterocycles. The first kappa shape index (κ1) is 79.9. The standard InChI is InChI=1S/C44H61N5O6.C44H54N4O6/c1-26-36-22-32(44(36,3)4)23-37(26)46-43(53)40-39(27(2)51)38(25-50)55-49(40)24-29-11-10-12-35(41(29)54-9)30-19-31(21-34(20-30)48(7)8)42(52)45-18-17-28-13-15-33(16-14-28)47(5)6;1-25-36-21-32(44(36,3)4)22-37(25)46-43(52)40-39(26(2)50)38(24-49)54-48(40)23-29-13-10-14-35(41(29)53-7)30-17-31(20-34(19-30)47(5)6)42(51)45-33-16-15-27-11-8-9-12-28(27)18-33/h10-16,19-21,26-27,32,36-40,50-51H,17-18,22-25H2,1-9H3,(H,45,52)(H,46,53);8-20,25-26,32,36-40,49-50H,21-24H2,1-7H3,(H,45,51)(H,46,52)/t26-,27-,32+,36-,37-,38-,39+,40-;25-,26-,32+,36-,37-,38-,39-,40-/m00/s1. The van der Waals surface area contributed by atoms with Crippen LogP contribution < -0.4 is 45.4 Å². The number of aliphatic hydroxyl groups is 4. The van der Waals surface area contributed by atoms with E-state index in [0.29, 0.717) is 76.8 Å². The number of nitrogens with one attached hydrogen (secondary N) is 4. The molecule has 21 nitrogen and oxygen atoms in total. The summed E-state index contributed by atoms with van der Waals surface area (Å²) >= 11 is 0. The van der Waals surface area contributed by atoms with E-state index >= 15 is 0 Å². The molecular weight excluding hydrogens is 1380 g/mol. The molecule has 2 heterocycles. The van der Waals surface area contributed by atoms with Gasteiger partial charge < -0.3 is 65.9 Å². The average Bonchev–Trinajstić information content (AvgIpc) is 1.22. The lowest BCUT2D eigenvalue weighted by Crippen LogP contribution is -2.62. The number of nitrogens with zero attached hydrogens (tertiary/aromatic N) is 5. The van der Waals surface area contributed by atoms with Gasteiger partial charge in [0.2, 0.25) is 11.8 Å². The Morgan fingerprint density at radius 3 is 1.40 bits per heavy atom. The van der Waals surface area contributed by atoms with Crippen LogP contribution in [0.3, 0.4) is 0 Å². The topological polar surface area (TPSA) is 250 Å². The third-order valence-corrected chi connectivity index (χ3v) is 25.6. The zero-order chi connectivity index (χ0) is 78.2. The quantitative estimate of drug-likeness (QED) is 0.0265. The lowest BCUT2D eigenvalue weighted by Gasteiger charge is -2.62. The summed E-state index contributed by atoms with van der Waals surface area (Å²) in [6, 6.07) is 43.7. The Kier molecular flexibility index (Phi) is 24.3. The number of para-hydroxylation sites is 2. The lowest BCUT2D eigenvalue weighted by atomic mass is 9.45. The largest absolute Gasteiger partial charge is 0.496 e. The van der Waals surface area contributed by atoms with Gasteiger partial charge >= 0.3 is 0 Å².